The molecule has 0 atom stereocenters. The van der Waals surface area contributed by atoms with E-state index in [9.17, 15) is 5.11 Å². The molecule has 17 heavy (non-hydrogen) atoms. The zero-order chi connectivity index (χ0) is 13.1. The lowest BCUT2D eigenvalue weighted by atomic mass is 10.1. The monoisotopic (exact) mass is 251 g/mol. The third kappa shape index (κ3) is 3.71. The molecule has 1 aromatic rings. The highest BCUT2D eigenvalue weighted by molar-refractivity contribution is 7.80. The van der Waals surface area contributed by atoms with Gasteiger partial charge in [0.15, 0.2) is 5.11 Å². The van der Waals surface area contributed by atoms with E-state index < -0.39 is 0 Å². The first-order valence-corrected chi connectivity index (χ1v) is 5.65. The molecule has 4 nitrogen and oxygen atoms in total. The first kappa shape index (κ1) is 13.4. The fraction of sp³-hybridized carbons (Fsp3) is 0.333. The van der Waals surface area contributed by atoms with E-state index in [2.05, 4.69) is 5.10 Å². The standard InChI is InChI=1S/C12H17N3OS/c1-12(2,3)15(11(13)17)14-8-9-6-4-5-7-10(9)16/h4-8,16H,1-3H3,(H2,13,17)/b14-8+. The minimum atomic E-state index is -0.299. The number of hydrogen-bond acceptors (Lipinski definition) is 3. The smallest absolute Gasteiger partial charge is 0.187 e. The second kappa shape index (κ2) is 5.14. The van der Waals surface area contributed by atoms with Gasteiger partial charge in [0.2, 0.25) is 0 Å². The van der Waals surface area contributed by atoms with Gasteiger partial charge in [-0.1, -0.05) is 12.1 Å². The molecule has 0 fully saturated rings. The lowest BCUT2D eigenvalue weighted by Crippen LogP contribution is -2.44. The van der Waals surface area contributed by atoms with Gasteiger partial charge in [-0.05, 0) is 45.1 Å². The minimum Gasteiger partial charge on any atom is -0.507 e. The van der Waals surface area contributed by atoms with E-state index in [1.807, 2.05) is 26.8 Å². The Balaban J connectivity index is 2.96. The topological polar surface area (TPSA) is 61.8 Å². The van der Waals surface area contributed by atoms with Gasteiger partial charge in [-0.15, -0.1) is 0 Å². The number of nitrogens with zero attached hydrogens (tertiary/aromatic N) is 2. The maximum Gasteiger partial charge on any atom is 0.187 e. The minimum absolute atomic E-state index is 0.174. The molecule has 1 aromatic carbocycles. The predicted octanol–water partition coefficient (Wildman–Crippen LogP) is 2.07. The van der Waals surface area contributed by atoms with Gasteiger partial charge in [0.1, 0.15) is 5.75 Å². The second-order valence-electron chi connectivity index (χ2n) is 4.62. The maximum absolute atomic E-state index is 9.59. The van der Waals surface area contributed by atoms with Crippen molar-refractivity contribution in [2.75, 3.05) is 0 Å². The van der Waals surface area contributed by atoms with Crippen LogP contribution in [0, 0.1) is 0 Å². The largest absolute Gasteiger partial charge is 0.507 e. The van der Waals surface area contributed by atoms with E-state index in [4.69, 9.17) is 18.0 Å². The van der Waals surface area contributed by atoms with Crippen LogP contribution in [0.4, 0.5) is 0 Å². The summed E-state index contributed by atoms with van der Waals surface area (Å²) in [6.07, 6.45) is 1.54. The Kier molecular flexibility index (Phi) is 4.07. The van der Waals surface area contributed by atoms with Crippen molar-refractivity contribution in [3.05, 3.63) is 29.8 Å². The van der Waals surface area contributed by atoms with Gasteiger partial charge in [0.25, 0.3) is 0 Å². The molecule has 0 bridgehead atoms. The molecule has 92 valence electrons. The molecule has 0 heterocycles. The molecule has 1 rings (SSSR count). The molecule has 3 N–H and O–H groups in total. The quantitative estimate of drug-likeness (QED) is 0.480. The maximum atomic E-state index is 9.59. The SMILES string of the molecule is CC(C)(C)N(/N=C/c1ccccc1O)C(N)=S. The number of hydrazone groups is 1. The van der Waals surface area contributed by atoms with Crippen molar-refractivity contribution in [2.45, 2.75) is 26.3 Å². The second-order valence-corrected chi connectivity index (χ2v) is 5.04. The normalized spacial score (nSPS) is 11.7. The molecule has 0 aromatic heterocycles. The van der Waals surface area contributed by atoms with Gasteiger partial charge < -0.3 is 10.8 Å². The third-order valence-corrected chi connectivity index (χ3v) is 2.27. The summed E-state index contributed by atoms with van der Waals surface area (Å²) in [5.74, 6) is 0.174. The van der Waals surface area contributed by atoms with Crippen molar-refractivity contribution < 1.29 is 5.11 Å². The van der Waals surface area contributed by atoms with Gasteiger partial charge in [-0.2, -0.15) is 5.10 Å². The number of rotatable bonds is 2. The lowest BCUT2D eigenvalue weighted by molar-refractivity contribution is 0.250. The lowest BCUT2D eigenvalue weighted by Gasteiger charge is -2.31. The van der Waals surface area contributed by atoms with Crippen LogP contribution in [-0.2, 0) is 0 Å². The van der Waals surface area contributed by atoms with Crippen molar-refractivity contribution in [1.29, 1.82) is 0 Å². The van der Waals surface area contributed by atoms with Crippen LogP contribution >= 0.6 is 12.2 Å². The number of phenolic OH excluding ortho intramolecular Hbond substituents is 1. The number of phenols is 1. The molecular weight excluding hydrogens is 234 g/mol. The third-order valence-electron chi connectivity index (χ3n) is 2.09. The molecule has 0 aliphatic rings. The van der Waals surface area contributed by atoms with Crippen LogP contribution in [0.25, 0.3) is 0 Å². The van der Waals surface area contributed by atoms with E-state index in [1.165, 1.54) is 5.01 Å². The summed E-state index contributed by atoms with van der Waals surface area (Å²) in [5.41, 5.74) is 5.93. The Hall–Kier alpha value is -1.62. The van der Waals surface area contributed by atoms with E-state index in [0.29, 0.717) is 5.56 Å². The Morgan fingerprint density at radius 3 is 2.47 bits per heavy atom. The summed E-state index contributed by atoms with van der Waals surface area (Å²) in [7, 11) is 0. The zero-order valence-corrected chi connectivity index (χ0v) is 11.0. The van der Waals surface area contributed by atoms with Gasteiger partial charge in [0.05, 0.1) is 11.8 Å². The van der Waals surface area contributed by atoms with Crippen LogP contribution in [0.1, 0.15) is 26.3 Å². The van der Waals surface area contributed by atoms with Crippen molar-refractivity contribution in [3.8, 4) is 5.75 Å². The summed E-state index contributed by atoms with van der Waals surface area (Å²) >= 11 is 4.94. The predicted molar refractivity (Wildman–Crippen MR) is 74.1 cm³/mol. The van der Waals surface area contributed by atoms with E-state index >= 15 is 0 Å². The summed E-state index contributed by atoms with van der Waals surface area (Å²) in [6.45, 7) is 5.86. The molecule has 0 radical (unpaired) electrons. The summed E-state index contributed by atoms with van der Waals surface area (Å²) < 4.78 is 0. The molecular formula is C12H17N3OS. The molecule has 0 saturated heterocycles. The summed E-state index contributed by atoms with van der Waals surface area (Å²) in [6, 6.07) is 6.94. The van der Waals surface area contributed by atoms with Crippen molar-refractivity contribution >= 4 is 23.5 Å². The van der Waals surface area contributed by atoms with E-state index in [1.54, 1.807) is 24.4 Å². The molecule has 0 aliphatic carbocycles. The zero-order valence-electron chi connectivity index (χ0n) is 10.2. The number of aromatic hydroxyl groups is 1. The Morgan fingerprint density at radius 2 is 2.00 bits per heavy atom. The average molecular weight is 251 g/mol. The van der Waals surface area contributed by atoms with Crippen molar-refractivity contribution in [3.63, 3.8) is 0 Å². The molecule has 0 unspecified atom stereocenters. The number of nitrogens with two attached hydrogens (primary N) is 1. The van der Waals surface area contributed by atoms with Crippen LogP contribution in [0.5, 0.6) is 5.75 Å². The van der Waals surface area contributed by atoms with Gasteiger partial charge in [-0.3, -0.25) is 0 Å². The van der Waals surface area contributed by atoms with Crippen molar-refractivity contribution in [2.24, 2.45) is 10.8 Å². The van der Waals surface area contributed by atoms with E-state index in [-0.39, 0.29) is 16.4 Å². The first-order chi connectivity index (χ1) is 7.82. The van der Waals surface area contributed by atoms with Gasteiger partial charge in [0, 0.05) is 5.56 Å². The average Bonchev–Trinajstić information content (AvgIpc) is 2.18. The highest BCUT2D eigenvalue weighted by Gasteiger charge is 2.21. The highest BCUT2D eigenvalue weighted by Crippen LogP contribution is 2.16. The molecule has 0 amide bonds. The van der Waals surface area contributed by atoms with Gasteiger partial charge in [-0.25, -0.2) is 5.01 Å². The highest BCUT2D eigenvalue weighted by atomic mass is 32.1. The van der Waals surface area contributed by atoms with Crippen LogP contribution in [0.15, 0.2) is 29.4 Å². The number of thiocarbonyl (C=S) groups is 1. The van der Waals surface area contributed by atoms with Crippen LogP contribution in [0.3, 0.4) is 0 Å². The van der Waals surface area contributed by atoms with E-state index in [0.717, 1.165) is 0 Å². The molecule has 0 aliphatic heterocycles. The first-order valence-electron chi connectivity index (χ1n) is 5.24. The van der Waals surface area contributed by atoms with Crippen molar-refractivity contribution in [1.82, 2.24) is 5.01 Å². The Morgan fingerprint density at radius 1 is 1.41 bits per heavy atom. The van der Waals surface area contributed by atoms with Crippen LogP contribution in [-0.4, -0.2) is 27.0 Å². The fourth-order valence-corrected chi connectivity index (χ4v) is 1.60. The molecule has 0 saturated carbocycles. The van der Waals surface area contributed by atoms with Crippen LogP contribution in [0.2, 0.25) is 0 Å². The molecule has 0 spiro atoms. The number of hydrogen-bond donors (Lipinski definition) is 2. The molecule has 5 heteroatoms. The summed E-state index contributed by atoms with van der Waals surface area (Å²) in [4.78, 5) is 0. The Labute approximate surface area is 107 Å². The summed E-state index contributed by atoms with van der Waals surface area (Å²) in [5, 5.41) is 15.5. The van der Waals surface area contributed by atoms with Gasteiger partial charge >= 0.3 is 0 Å². The number of para-hydroxylation sites is 1. The Bertz CT molecular complexity index is 438. The van der Waals surface area contributed by atoms with Crippen LogP contribution < -0.4 is 5.73 Å². The number of benzene rings is 1. The fourth-order valence-electron chi connectivity index (χ4n) is 1.28.